The first-order valence-corrected chi connectivity index (χ1v) is 7.93. The summed E-state index contributed by atoms with van der Waals surface area (Å²) in [6.07, 6.45) is 0. The molecule has 0 unspecified atom stereocenters. The van der Waals surface area contributed by atoms with Crippen LogP contribution in [0.5, 0.6) is 11.5 Å². The van der Waals surface area contributed by atoms with Gasteiger partial charge < -0.3 is 14.2 Å². The van der Waals surface area contributed by atoms with Crippen LogP contribution >= 0.6 is 0 Å². The molecule has 0 atom stereocenters. The first-order chi connectivity index (χ1) is 12.3. The maximum atomic E-state index is 12.0. The molecule has 0 radical (unpaired) electrons. The normalized spacial score (nSPS) is 10.2. The Morgan fingerprint density at radius 1 is 0.720 bits per heavy atom. The average molecular weight is 334 g/mol. The van der Waals surface area contributed by atoms with Crippen molar-refractivity contribution in [3.05, 3.63) is 96.1 Å². The molecule has 0 fully saturated rings. The molecule has 4 nitrogen and oxygen atoms in total. The van der Waals surface area contributed by atoms with Gasteiger partial charge in [-0.3, -0.25) is 0 Å². The fourth-order valence-corrected chi connectivity index (χ4v) is 2.19. The molecule has 0 aromatic heterocycles. The number of carbonyl (C=O) groups is 1. The summed E-state index contributed by atoms with van der Waals surface area (Å²) in [5.41, 5.74) is 1.60. The summed E-state index contributed by atoms with van der Waals surface area (Å²) in [6, 6.07) is 25.6. The van der Waals surface area contributed by atoms with Gasteiger partial charge in [0.1, 0.15) is 11.5 Å². The molecule has 3 aromatic carbocycles. The Morgan fingerprint density at radius 3 is 2.00 bits per heavy atom. The van der Waals surface area contributed by atoms with Crippen molar-refractivity contribution in [1.82, 2.24) is 0 Å². The van der Waals surface area contributed by atoms with Crippen LogP contribution in [0.3, 0.4) is 0 Å². The molecule has 3 aromatic rings. The van der Waals surface area contributed by atoms with Crippen LogP contribution < -0.4 is 9.47 Å². The molecule has 0 amide bonds. The van der Waals surface area contributed by atoms with Crippen molar-refractivity contribution in [2.75, 3.05) is 6.79 Å². The van der Waals surface area contributed by atoms with Gasteiger partial charge in [0.15, 0.2) is 6.79 Å². The minimum atomic E-state index is -0.388. The van der Waals surface area contributed by atoms with Crippen molar-refractivity contribution in [3.63, 3.8) is 0 Å². The number of benzene rings is 3. The highest BCUT2D eigenvalue weighted by Crippen LogP contribution is 2.19. The van der Waals surface area contributed by atoms with E-state index in [0.29, 0.717) is 23.7 Å². The fourth-order valence-electron chi connectivity index (χ4n) is 2.19. The van der Waals surface area contributed by atoms with Gasteiger partial charge in [0.05, 0.1) is 12.2 Å². The first kappa shape index (κ1) is 16.7. The standard InChI is InChI=1S/C21H18O4/c22-21(18-9-5-2-6-10-18)25-20-13-11-19(12-14-20)24-16-23-15-17-7-3-1-4-8-17/h1-14H,15-16H2. The molecule has 0 aliphatic carbocycles. The topological polar surface area (TPSA) is 44.8 Å². The maximum Gasteiger partial charge on any atom is 0.343 e. The van der Waals surface area contributed by atoms with Crippen LogP contribution in [0.15, 0.2) is 84.9 Å². The van der Waals surface area contributed by atoms with Crippen molar-refractivity contribution >= 4 is 5.97 Å². The van der Waals surface area contributed by atoms with Crippen LogP contribution in [0.1, 0.15) is 15.9 Å². The molecule has 3 rings (SSSR count). The van der Waals surface area contributed by atoms with Gasteiger partial charge in [0, 0.05) is 0 Å². The SMILES string of the molecule is O=C(Oc1ccc(OCOCc2ccccc2)cc1)c1ccccc1. The summed E-state index contributed by atoms with van der Waals surface area (Å²) in [6.45, 7) is 0.645. The van der Waals surface area contributed by atoms with E-state index in [1.165, 1.54) is 0 Å². The Morgan fingerprint density at radius 2 is 1.32 bits per heavy atom. The van der Waals surface area contributed by atoms with Crippen LogP contribution in [0, 0.1) is 0 Å². The molecule has 0 spiro atoms. The molecule has 0 heterocycles. The largest absolute Gasteiger partial charge is 0.468 e. The van der Waals surface area contributed by atoms with E-state index >= 15 is 0 Å². The summed E-state index contributed by atoms with van der Waals surface area (Å²) in [5, 5.41) is 0. The van der Waals surface area contributed by atoms with E-state index in [1.807, 2.05) is 36.4 Å². The van der Waals surface area contributed by atoms with Crippen molar-refractivity contribution in [1.29, 1.82) is 0 Å². The quantitative estimate of drug-likeness (QED) is 0.277. The number of carbonyl (C=O) groups excluding carboxylic acids is 1. The van der Waals surface area contributed by atoms with E-state index < -0.39 is 0 Å². The van der Waals surface area contributed by atoms with Gasteiger partial charge in [-0.2, -0.15) is 0 Å². The number of ether oxygens (including phenoxy) is 3. The summed E-state index contributed by atoms with van der Waals surface area (Å²) in [7, 11) is 0. The lowest BCUT2D eigenvalue weighted by Crippen LogP contribution is -2.08. The van der Waals surface area contributed by atoms with Gasteiger partial charge in [0.2, 0.25) is 0 Å². The van der Waals surface area contributed by atoms with E-state index in [-0.39, 0.29) is 12.8 Å². The third kappa shape index (κ3) is 5.19. The summed E-state index contributed by atoms with van der Waals surface area (Å²) in [4.78, 5) is 12.0. The first-order valence-electron chi connectivity index (χ1n) is 7.93. The van der Waals surface area contributed by atoms with Gasteiger partial charge in [-0.25, -0.2) is 4.79 Å². The molecule has 25 heavy (non-hydrogen) atoms. The lowest BCUT2D eigenvalue weighted by Gasteiger charge is -2.08. The van der Waals surface area contributed by atoms with E-state index in [4.69, 9.17) is 14.2 Å². The summed E-state index contributed by atoms with van der Waals surface area (Å²) >= 11 is 0. The third-order valence-electron chi connectivity index (χ3n) is 3.46. The molecule has 0 bridgehead atoms. The Bertz CT molecular complexity index is 783. The van der Waals surface area contributed by atoms with Crippen LogP contribution in [0.4, 0.5) is 0 Å². The average Bonchev–Trinajstić information content (AvgIpc) is 2.68. The van der Waals surface area contributed by atoms with Crippen molar-refractivity contribution in [2.24, 2.45) is 0 Å². The second kappa shape index (κ2) is 8.66. The predicted molar refractivity (Wildman–Crippen MR) is 94.6 cm³/mol. The zero-order chi connectivity index (χ0) is 17.3. The molecule has 0 N–H and O–H groups in total. The Kier molecular flexibility index (Phi) is 5.80. The second-order valence-electron chi connectivity index (χ2n) is 5.32. The highest BCUT2D eigenvalue weighted by atomic mass is 16.7. The Balaban J connectivity index is 1.45. The number of esters is 1. The summed E-state index contributed by atoms with van der Waals surface area (Å²) < 4.78 is 16.3. The van der Waals surface area contributed by atoms with E-state index in [1.54, 1.807) is 48.5 Å². The lowest BCUT2D eigenvalue weighted by atomic mass is 10.2. The molecule has 0 aliphatic rings. The van der Waals surface area contributed by atoms with Crippen LogP contribution in [0.2, 0.25) is 0 Å². The van der Waals surface area contributed by atoms with Crippen molar-refractivity contribution in [2.45, 2.75) is 6.61 Å². The fraction of sp³-hybridized carbons (Fsp3) is 0.0952. The monoisotopic (exact) mass is 334 g/mol. The third-order valence-corrected chi connectivity index (χ3v) is 3.46. The van der Waals surface area contributed by atoms with Gasteiger partial charge in [-0.1, -0.05) is 48.5 Å². The number of rotatable bonds is 7. The van der Waals surface area contributed by atoms with Crippen LogP contribution in [0.25, 0.3) is 0 Å². The van der Waals surface area contributed by atoms with Gasteiger partial charge in [-0.05, 0) is 42.0 Å². The van der Waals surface area contributed by atoms with Crippen LogP contribution in [-0.4, -0.2) is 12.8 Å². The maximum absolute atomic E-state index is 12.0. The number of hydrogen-bond donors (Lipinski definition) is 0. The van der Waals surface area contributed by atoms with Crippen LogP contribution in [-0.2, 0) is 11.3 Å². The molecule has 126 valence electrons. The number of hydrogen-bond acceptors (Lipinski definition) is 4. The highest BCUT2D eigenvalue weighted by Gasteiger charge is 2.07. The zero-order valence-corrected chi connectivity index (χ0v) is 13.6. The molecule has 0 saturated heterocycles. The molecule has 4 heteroatoms. The molecular formula is C21H18O4. The Labute approximate surface area is 146 Å². The smallest absolute Gasteiger partial charge is 0.343 e. The molecule has 0 aliphatic heterocycles. The van der Waals surface area contributed by atoms with Gasteiger partial charge in [-0.15, -0.1) is 0 Å². The van der Waals surface area contributed by atoms with Gasteiger partial charge in [0.25, 0.3) is 0 Å². The molecule has 0 saturated carbocycles. The Hall–Kier alpha value is -3.11. The second-order valence-corrected chi connectivity index (χ2v) is 5.32. The molecular weight excluding hydrogens is 316 g/mol. The van der Waals surface area contributed by atoms with Crippen molar-refractivity contribution < 1.29 is 19.0 Å². The van der Waals surface area contributed by atoms with Crippen molar-refractivity contribution in [3.8, 4) is 11.5 Å². The van der Waals surface area contributed by atoms with E-state index in [0.717, 1.165) is 5.56 Å². The summed E-state index contributed by atoms with van der Waals surface area (Å²) in [5.74, 6) is 0.722. The minimum Gasteiger partial charge on any atom is -0.468 e. The minimum absolute atomic E-state index is 0.151. The zero-order valence-electron chi connectivity index (χ0n) is 13.6. The lowest BCUT2D eigenvalue weighted by molar-refractivity contribution is 0.00501. The van der Waals surface area contributed by atoms with Gasteiger partial charge >= 0.3 is 5.97 Å². The predicted octanol–water partition coefficient (Wildman–Crippen LogP) is 4.46. The highest BCUT2D eigenvalue weighted by molar-refractivity contribution is 5.90. The van der Waals surface area contributed by atoms with E-state index in [2.05, 4.69) is 0 Å². The van der Waals surface area contributed by atoms with E-state index in [9.17, 15) is 4.79 Å².